The first-order valence-corrected chi connectivity index (χ1v) is 7.40. The first-order valence-electron chi connectivity index (χ1n) is 5.99. The van der Waals surface area contributed by atoms with Gasteiger partial charge < -0.3 is 14.9 Å². The molecule has 0 fully saturated rings. The minimum Gasteiger partial charge on any atom is -0.504 e. The molecule has 0 saturated carbocycles. The van der Waals surface area contributed by atoms with Gasteiger partial charge in [0.05, 0.1) is 12.7 Å². The Morgan fingerprint density at radius 2 is 1.77 bits per heavy atom. The van der Waals surface area contributed by atoms with E-state index < -0.39 is 38.0 Å². The maximum absolute atomic E-state index is 11.9. The number of phenolic OH excluding ortho intramolecular Hbond substituents is 1. The van der Waals surface area contributed by atoms with Crippen LogP contribution in [0.1, 0.15) is 10.4 Å². The molecule has 0 aromatic heterocycles. The lowest BCUT2D eigenvalue weighted by atomic mass is 10.2. The smallest absolute Gasteiger partial charge is 0.335 e. The van der Waals surface area contributed by atoms with Crippen LogP contribution in [-0.2, 0) is 14.3 Å². The zero-order valence-electron chi connectivity index (χ0n) is 11.4. The number of hydrogen-bond acceptors (Lipinski definition) is 6. The van der Waals surface area contributed by atoms with E-state index in [0.29, 0.717) is 0 Å². The van der Waals surface area contributed by atoms with Crippen LogP contribution in [0.3, 0.4) is 0 Å². The third-order valence-electron chi connectivity index (χ3n) is 2.73. The molecule has 116 valence electrons. The molecule has 0 aliphatic rings. The second-order valence-corrected chi connectivity index (χ2v) is 5.85. The zero-order chi connectivity index (χ0) is 16.3. The van der Waals surface area contributed by atoms with Gasteiger partial charge in [-0.15, -0.1) is 0 Å². The van der Waals surface area contributed by atoms with E-state index in [1.807, 2.05) is 0 Å². The van der Waals surface area contributed by atoms with Crippen molar-refractivity contribution in [2.75, 3.05) is 7.11 Å². The summed E-state index contributed by atoms with van der Waals surface area (Å²) in [6, 6.07) is 9.90. The molecule has 0 spiro atoms. The number of benzene rings is 2. The van der Waals surface area contributed by atoms with E-state index in [9.17, 15) is 18.3 Å². The van der Waals surface area contributed by atoms with Gasteiger partial charge in [0.1, 0.15) is 10.6 Å². The number of aromatic carboxylic acids is 1. The van der Waals surface area contributed by atoms with Crippen LogP contribution in [0.4, 0.5) is 0 Å². The first-order chi connectivity index (χ1) is 10.3. The second kappa shape index (κ2) is 6.04. The highest BCUT2D eigenvalue weighted by molar-refractivity contribution is 7.86. The molecular weight excluding hydrogens is 312 g/mol. The predicted molar refractivity (Wildman–Crippen MR) is 75.8 cm³/mol. The Labute approximate surface area is 126 Å². The average molecular weight is 324 g/mol. The van der Waals surface area contributed by atoms with Crippen molar-refractivity contribution in [1.82, 2.24) is 0 Å². The minimum atomic E-state index is -4.28. The van der Waals surface area contributed by atoms with Crippen LogP contribution >= 0.6 is 0 Å². The summed E-state index contributed by atoms with van der Waals surface area (Å²) in [5.74, 6) is -2.15. The number of carboxylic acids is 1. The fourth-order valence-corrected chi connectivity index (χ4v) is 2.52. The minimum absolute atomic E-state index is 0.272. The monoisotopic (exact) mass is 324 g/mol. The van der Waals surface area contributed by atoms with Crippen LogP contribution in [0.15, 0.2) is 47.4 Å². The summed E-state index contributed by atoms with van der Waals surface area (Å²) in [7, 11) is -3.35. The van der Waals surface area contributed by atoms with Crippen molar-refractivity contribution in [2.24, 2.45) is 0 Å². The molecule has 0 unspecified atom stereocenters. The molecule has 22 heavy (non-hydrogen) atoms. The number of carboxylic acid groups (broad SMARTS) is 1. The number of phenols is 1. The van der Waals surface area contributed by atoms with Crippen molar-refractivity contribution in [3.63, 3.8) is 0 Å². The van der Waals surface area contributed by atoms with Gasteiger partial charge in [-0.1, -0.05) is 18.2 Å². The van der Waals surface area contributed by atoms with Gasteiger partial charge in [0, 0.05) is 0 Å². The van der Waals surface area contributed by atoms with Gasteiger partial charge >= 0.3 is 16.1 Å². The van der Waals surface area contributed by atoms with Crippen LogP contribution in [-0.4, -0.2) is 31.7 Å². The largest absolute Gasteiger partial charge is 0.504 e. The molecule has 2 N–H and O–H groups in total. The molecule has 0 bridgehead atoms. The highest BCUT2D eigenvalue weighted by atomic mass is 32.2. The van der Waals surface area contributed by atoms with Gasteiger partial charge in [-0.2, -0.15) is 8.42 Å². The third kappa shape index (κ3) is 3.18. The molecule has 2 rings (SSSR count). The van der Waals surface area contributed by atoms with Crippen LogP contribution in [0.2, 0.25) is 0 Å². The summed E-state index contributed by atoms with van der Waals surface area (Å²) in [5, 5.41) is 18.9. The van der Waals surface area contributed by atoms with Crippen LogP contribution in [0, 0.1) is 0 Å². The fraction of sp³-hybridized carbons (Fsp3) is 0.0714. The summed E-state index contributed by atoms with van der Waals surface area (Å²) in [6.07, 6.45) is 0. The van der Waals surface area contributed by atoms with Gasteiger partial charge in [0.15, 0.2) is 11.5 Å². The number of ether oxygens (including phenoxy) is 1. The molecule has 2 aromatic carbocycles. The lowest BCUT2D eigenvalue weighted by Crippen LogP contribution is -2.08. The highest BCUT2D eigenvalue weighted by Gasteiger charge is 2.25. The summed E-state index contributed by atoms with van der Waals surface area (Å²) >= 11 is 0. The van der Waals surface area contributed by atoms with Gasteiger partial charge in [-0.25, -0.2) is 4.79 Å². The molecular formula is C14H12O7S. The van der Waals surface area contributed by atoms with Crippen molar-refractivity contribution in [2.45, 2.75) is 4.90 Å². The summed E-state index contributed by atoms with van der Waals surface area (Å²) < 4.78 is 33.6. The molecule has 0 heterocycles. The lowest BCUT2D eigenvalue weighted by Gasteiger charge is -2.13. The molecule has 0 radical (unpaired) electrons. The van der Waals surface area contributed by atoms with Crippen molar-refractivity contribution >= 4 is 16.1 Å². The Morgan fingerprint density at radius 1 is 1.14 bits per heavy atom. The lowest BCUT2D eigenvalue weighted by molar-refractivity contribution is 0.0696. The van der Waals surface area contributed by atoms with Gasteiger partial charge in [-0.3, -0.25) is 4.18 Å². The van der Waals surface area contributed by atoms with Crippen molar-refractivity contribution in [3.05, 3.63) is 48.0 Å². The van der Waals surface area contributed by atoms with Crippen LogP contribution in [0.25, 0.3) is 0 Å². The van der Waals surface area contributed by atoms with Crippen molar-refractivity contribution in [1.29, 1.82) is 0 Å². The number of aromatic hydroxyl groups is 1. The Morgan fingerprint density at radius 3 is 2.32 bits per heavy atom. The molecule has 0 saturated heterocycles. The second-order valence-electron chi connectivity index (χ2n) is 4.16. The number of carbonyl (C=O) groups is 1. The van der Waals surface area contributed by atoms with E-state index in [1.54, 1.807) is 30.3 Å². The normalized spacial score (nSPS) is 11.1. The van der Waals surface area contributed by atoms with Gasteiger partial charge in [-0.05, 0) is 24.3 Å². The number of hydrogen-bond donors (Lipinski definition) is 2. The number of para-hydroxylation sites is 1. The van der Waals surface area contributed by atoms with Gasteiger partial charge in [0.2, 0.25) is 0 Å². The summed E-state index contributed by atoms with van der Waals surface area (Å²) in [5.41, 5.74) is -0.409. The Kier molecular flexibility index (Phi) is 4.34. The topological polar surface area (TPSA) is 110 Å². The first kappa shape index (κ1) is 15.8. The Bertz CT molecular complexity index is 797. The Balaban J connectivity index is 2.64. The maximum Gasteiger partial charge on any atom is 0.335 e. The fourth-order valence-electron chi connectivity index (χ4n) is 1.70. The van der Waals surface area contributed by atoms with E-state index in [2.05, 4.69) is 4.18 Å². The molecule has 2 aromatic rings. The predicted octanol–water partition coefficient (Wildman–Crippen LogP) is 2.22. The van der Waals surface area contributed by atoms with E-state index in [0.717, 1.165) is 19.2 Å². The highest BCUT2D eigenvalue weighted by Crippen LogP contribution is 2.38. The SMILES string of the molecule is COS(=O)(=O)c1cc(C(=O)O)cc(O)c1Oc1ccccc1. The average Bonchev–Trinajstić information content (AvgIpc) is 2.49. The van der Waals surface area contributed by atoms with E-state index in [1.165, 1.54) is 0 Å². The van der Waals surface area contributed by atoms with Crippen LogP contribution < -0.4 is 4.74 Å². The molecule has 8 heteroatoms. The molecule has 0 atom stereocenters. The zero-order valence-corrected chi connectivity index (χ0v) is 12.2. The van der Waals surface area contributed by atoms with Gasteiger partial charge in [0.25, 0.3) is 0 Å². The Hall–Kier alpha value is -2.58. The summed E-state index contributed by atoms with van der Waals surface area (Å²) in [6.45, 7) is 0. The van der Waals surface area contributed by atoms with E-state index in [4.69, 9.17) is 9.84 Å². The van der Waals surface area contributed by atoms with E-state index in [-0.39, 0.29) is 5.75 Å². The standard InChI is InChI=1S/C14H12O7S/c1-20-22(18,19)12-8-9(14(16)17)7-11(15)13(12)21-10-5-3-2-4-6-10/h2-8,15H,1H3,(H,16,17). The molecule has 0 aliphatic carbocycles. The van der Waals surface area contributed by atoms with Crippen LogP contribution in [0.5, 0.6) is 17.2 Å². The van der Waals surface area contributed by atoms with E-state index >= 15 is 0 Å². The van der Waals surface area contributed by atoms with Crippen molar-refractivity contribution in [3.8, 4) is 17.2 Å². The summed E-state index contributed by atoms with van der Waals surface area (Å²) in [4.78, 5) is 10.4. The maximum atomic E-state index is 11.9. The van der Waals surface area contributed by atoms with Crippen molar-refractivity contribution < 1.29 is 32.3 Å². The quantitative estimate of drug-likeness (QED) is 0.811. The molecule has 0 aliphatic heterocycles. The molecule has 0 amide bonds. The third-order valence-corrected chi connectivity index (χ3v) is 4.01. The molecule has 7 nitrogen and oxygen atoms in total. The number of rotatable bonds is 5.